The molecule has 0 aromatic carbocycles. The standard InChI is InChI=1S/C12H17N3O2/c1-8(2)12(4-5-12)7-13-10-9(11(16)17)3-6-14-15-10/h3,6,8H,4-5,7H2,1-2H3,(H,13,15)(H,16,17). The quantitative estimate of drug-likeness (QED) is 0.816. The van der Waals surface area contributed by atoms with Crippen molar-refractivity contribution in [3.63, 3.8) is 0 Å². The molecule has 5 nitrogen and oxygen atoms in total. The van der Waals surface area contributed by atoms with Crippen LogP contribution in [0.1, 0.15) is 37.0 Å². The van der Waals surface area contributed by atoms with Gasteiger partial charge in [-0.1, -0.05) is 13.8 Å². The molecule has 0 amide bonds. The molecule has 1 aliphatic rings. The number of aromatic nitrogens is 2. The second kappa shape index (κ2) is 4.31. The Balaban J connectivity index is 2.07. The Morgan fingerprint density at radius 2 is 2.29 bits per heavy atom. The molecular weight excluding hydrogens is 218 g/mol. The average Bonchev–Trinajstić information content (AvgIpc) is 3.07. The lowest BCUT2D eigenvalue weighted by molar-refractivity contribution is 0.0697. The summed E-state index contributed by atoms with van der Waals surface area (Å²) in [4.78, 5) is 11.0. The van der Waals surface area contributed by atoms with Crippen LogP contribution in [0.4, 0.5) is 5.82 Å². The number of nitrogens with zero attached hydrogens (tertiary/aromatic N) is 2. The van der Waals surface area contributed by atoms with E-state index in [1.807, 2.05) is 0 Å². The van der Waals surface area contributed by atoms with E-state index in [2.05, 4.69) is 29.4 Å². The summed E-state index contributed by atoms with van der Waals surface area (Å²) in [7, 11) is 0. The first-order valence-corrected chi connectivity index (χ1v) is 5.84. The molecule has 17 heavy (non-hydrogen) atoms. The molecule has 1 heterocycles. The first kappa shape index (κ1) is 11.8. The summed E-state index contributed by atoms with van der Waals surface area (Å²) in [6.07, 6.45) is 3.78. The minimum absolute atomic E-state index is 0.180. The van der Waals surface area contributed by atoms with E-state index in [0.29, 0.717) is 17.2 Å². The monoisotopic (exact) mass is 235 g/mol. The molecule has 1 aliphatic carbocycles. The van der Waals surface area contributed by atoms with Crippen LogP contribution in [0.5, 0.6) is 0 Å². The third-order valence-electron chi connectivity index (χ3n) is 3.68. The molecule has 0 saturated heterocycles. The van der Waals surface area contributed by atoms with Crippen LogP contribution >= 0.6 is 0 Å². The molecule has 1 fully saturated rings. The number of nitrogens with one attached hydrogen (secondary N) is 1. The van der Waals surface area contributed by atoms with Gasteiger partial charge in [-0.25, -0.2) is 4.79 Å². The maximum atomic E-state index is 11.0. The molecule has 0 aliphatic heterocycles. The van der Waals surface area contributed by atoms with E-state index in [4.69, 9.17) is 5.11 Å². The van der Waals surface area contributed by atoms with Crippen LogP contribution in [0.3, 0.4) is 0 Å². The SMILES string of the molecule is CC(C)C1(CNc2nnccc2C(=O)O)CC1. The van der Waals surface area contributed by atoms with Gasteiger partial charge < -0.3 is 10.4 Å². The van der Waals surface area contributed by atoms with Gasteiger partial charge in [0.1, 0.15) is 5.56 Å². The first-order valence-electron chi connectivity index (χ1n) is 5.84. The lowest BCUT2D eigenvalue weighted by Gasteiger charge is -2.20. The Labute approximate surface area is 100 Å². The third-order valence-corrected chi connectivity index (χ3v) is 3.68. The highest BCUT2D eigenvalue weighted by atomic mass is 16.4. The lowest BCUT2D eigenvalue weighted by Crippen LogP contribution is -2.22. The Morgan fingerprint density at radius 1 is 1.59 bits per heavy atom. The Hall–Kier alpha value is -1.65. The average molecular weight is 235 g/mol. The maximum Gasteiger partial charge on any atom is 0.339 e. The molecular formula is C12H17N3O2. The van der Waals surface area contributed by atoms with Crippen molar-refractivity contribution in [1.29, 1.82) is 0 Å². The van der Waals surface area contributed by atoms with Gasteiger partial charge in [-0.2, -0.15) is 5.10 Å². The number of anilines is 1. The van der Waals surface area contributed by atoms with Crippen LogP contribution in [-0.2, 0) is 0 Å². The van der Waals surface area contributed by atoms with Crippen molar-refractivity contribution in [2.45, 2.75) is 26.7 Å². The third kappa shape index (κ3) is 2.38. The number of aromatic carboxylic acids is 1. The van der Waals surface area contributed by atoms with Gasteiger partial charge in [-0.15, -0.1) is 5.10 Å². The fourth-order valence-corrected chi connectivity index (χ4v) is 2.01. The normalized spacial score (nSPS) is 16.9. The number of carboxylic acid groups (broad SMARTS) is 1. The zero-order valence-electron chi connectivity index (χ0n) is 10.1. The van der Waals surface area contributed by atoms with Crippen LogP contribution in [0.25, 0.3) is 0 Å². The van der Waals surface area contributed by atoms with Crippen molar-refractivity contribution in [3.05, 3.63) is 17.8 Å². The van der Waals surface area contributed by atoms with E-state index in [1.54, 1.807) is 0 Å². The Bertz CT molecular complexity index is 428. The summed E-state index contributed by atoms with van der Waals surface area (Å²) in [5.41, 5.74) is 0.493. The van der Waals surface area contributed by atoms with Crippen LogP contribution in [0, 0.1) is 11.3 Å². The highest BCUT2D eigenvalue weighted by Gasteiger charge is 2.45. The smallest absolute Gasteiger partial charge is 0.339 e. The summed E-state index contributed by atoms with van der Waals surface area (Å²) < 4.78 is 0. The molecule has 1 aromatic heterocycles. The molecule has 0 unspecified atom stereocenters. The Morgan fingerprint density at radius 3 is 2.82 bits per heavy atom. The van der Waals surface area contributed by atoms with E-state index in [1.165, 1.54) is 25.1 Å². The number of carbonyl (C=O) groups is 1. The van der Waals surface area contributed by atoms with Crippen LogP contribution < -0.4 is 5.32 Å². The molecule has 0 spiro atoms. The van der Waals surface area contributed by atoms with Crippen molar-refractivity contribution in [1.82, 2.24) is 10.2 Å². The molecule has 5 heteroatoms. The van der Waals surface area contributed by atoms with Gasteiger partial charge in [0.2, 0.25) is 0 Å². The topological polar surface area (TPSA) is 75.1 Å². The molecule has 0 atom stereocenters. The fraction of sp³-hybridized carbons (Fsp3) is 0.583. The number of hydrogen-bond acceptors (Lipinski definition) is 4. The van der Waals surface area contributed by atoms with Gasteiger partial charge in [0.25, 0.3) is 0 Å². The predicted molar refractivity (Wildman–Crippen MR) is 64.0 cm³/mol. The number of hydrogen-bond donors (Lipinski definition) is 2. The summed E-state index contributed by atoms with van der Waals surface area (Å²) >= 11 is 0. The van der Waals surface area contributed by atoms with Crippen molar-refractivity contribution in [2.24, 2.45) is 11.3 Å². The van der Waals surface area contributed by atoms with Crippen LogP contribution in [0.15, 0.2) is 12.3 Å². The number of carboxylic acids is 1. The second-order valence-electron chi connectivity index (χ2n) is 4.97. The summed E-state index contributed by atoms with van der Waals surface area (Å²) in [5, 5.41) is 19.7. The van der Waals surface area contributed by atoms with Crippen molar-refractivity contribution in [3.8, 4) is 0 Å². The van der Waals surface area contributed by atoms with E-state index >= 15 is 0 Å². The van der Waals surface area contributed by atoms with E-state index < -0.39 is 5.97 Å². The second-order valence-corrected chi connectivity index (χ2v) is 4.97. The highest BCUT2D eigenvalue weighted by molar-refractivity contribution is 5.92. The van der Waals surface area contributed by atoms with Gasteiger partial charge in [0, 0.05) is 6.54 Å². The van der Waals surface area contributed by atoms with E-state index in [0.717, 1.165) is 6.54 Å². The van der Waals surface area contributed by atoms with Gasteiger partial charge >= 0.3 is 5.97 Å². The zero-order valence-corrected chi connectivity index (χ0v) is 10.1. The first-order chi connectivity index (χ1) is 8.05. The molecule has 0 bridgehead atoms. The van der Waals surface area contributed by atoms with E-state index in [9.17, 15) is 4.79 Å². The van der Waals surface area contributed by atoms with Gasteiger partial charge in [0.15, 0.2) is 5.82 Å². The minimum Gasteiger partial charge on any atom is -0.478 e. The van der Waals surface area contributed by atoms with Gasteiger partial charge in [-0.05, 0) is 30.2 Å². The van der Waals surface area contributed by atoms with Gasteiger partial charge in [-0.3, -0.25) is 0 Å². The zero-order chi connectivity index (χ0) is 12.5. The van der Waals surface area contributed by atoms with Crippen molar-refractivity contribution in [2.75, 3.05) is 11.9 Å². The molecule has 1 aromatic rings. The molecule has 92 valence electrons. The largest absolute Gasteiger partial charge is 0.478 e. The van der Waals surface area contributed by atoms with Crippen molar-refractivity contribution >= 4 is 11.8 Å². The van der Waals surface area contributed by atoms with Crippen molar-refractivity contribution < 1.29 is 9.90 Å². The predicted octanol–water partition coefficient (Wildman–Crippen LogP) is 2.02. The van der Waals surface area contributed by atoms with E-state index in [-0.39, 0.29) is 5.56 Å². The molecule has 1 saturated carbocycles. The highest BCUT2D eigenvalue weighted by Crippen LogP contribution is 2.51. The maximum absolute atomic E-state index is 11.0. The van der Waals surface area contributed by atoms with Gasteiger partial charge in [0.05, 0.1) is 6.20 Å². The summed E-state index contributed by atoms with van der Waals surface area (Å²) in [5.74, 6) is -0.0105. The van der Waals surface area contributed by atoms with Crippen LogP contribution in [0.2, 0.25) is 0 Å². The summed E-state index contributed by atoms with van der Waals surface area (Å²) in [6, 6.07) is 1.46. The molecule has 0 radical (unpaired) electrons. The van der Waals surface area contributed by atoms with Crippen LogP contribution in [-0.4, -0.2) is 27.8 Å². The molecule has 2 N–H and O–H groups in total. The number of rotatable bonds is 5. The molecule has 2 rings (SSSR count). The fourth-order valence-electron chi connectivity index (χ4n) is 2.01. The Kier molecular flexibility index (Phi) is 3.00. The lowest BCUT2D eigenvalue weighted by atomic mass is 9.92. The minimum atomic E-state index is -0.975. The summed E-state index contributed by atoms with van der Waals surface area (Å²) in [6.45, 7) is 5.16.